The molecule has 0 aliphatic carbocycles. The summed E-state index contributed by atoms with van der Waals surface area (Å²) < 4.78 is 0. The lowest BCUT2D eigenvalue weighted by atomic mass is 9.75. The molecule has 0 saturated carbocycles. The zero-order chi connectivity index (χ0) is 15.5. The summed E-state index contributed by atoms with van der Waals surface area (Å²) in [6.07, 6.45) is 0. The number of benzene rings is 2. The van der Waals surface area contributed by atoms with Crippen LogP contribution in [0.2, 0.25) is 19.6 Å². The second-order valence-electron chi connectivity index (χ2n) is 6.04. The first-order valence-corrected chi connectivity index (χ1v) is 10.5. The molecule has 4 heteroatoms. The Morgan fingerprint density at radius 3 is 2.10 bits per heavy atom. The molecule has 0 atom stereocenters. The fourth-order valence-electron chi connectivity index (χ4n) is 1.98. The molecule has 0 aliphatic heterocycles. The van der Waals surface area contributed by atoms with Gasteiger partial charge in [0.25, 0.3) is 0 Å². The van der Waals surface area contributed by atoms with Gasteiger partial charge in [0.05, 0.1) is 0 Å². The van der Waals surface area contributed by atoms with Gasteiger partial charge in [-0.15, -0.1) is 5.54 Å². The van der Waals surface area contributed by atoms with Gasteiger partial charge in [0.2, 0.25) is 0 Å². The Labute approximate surface area is 127 Å². The van der Waals surface area contributed by atoms with E-state index in [4.69, 9.17) is 0 Å². The van der Waals surface area contributed by atoms with Crippen LogP contribution in [0, 0.1) is 11.5 Å². The van der Waals surface area contributed by atoms with Gasteiger partial charge in [-0.25, -0.2) is 0 Å². The van der Waals surface area contributed by atoms with Crippen molar-refractivity contribution in [2.45, 2.75) is 19.6 Å². The molecule has 0 bridgehead atoms. The topological polar surface area (TPSA) is 40.5 Å². The average Bonchev–Trinajstić information content (AvgIpc) is 2.45. The molecule has 0 spiro atoms. The Bertz CT molecular complexity index is 676. The van der Waals surface area contributed by atoms with Crippen LogP contribution in [0.5, 0.6) is 0 Å². The predicted molar refractivity (Wildman–Crippen MR) is 91.9 cm³/mol. The molecular formula is C17H19BO2Si. The van der Waals surface area contributed by atoms with Crippen LogP contribution in [0.25, 0.3) is 11.1 Å². The highest BCUT2D eigenvalue weighted by molar-refractivity contribution is 6.83. The highest BCUT2D eigenvalue weighted by atomic mass is 28.3. The van der Waals surface area contributed by atoms with E-state index in [2.05, 4.69) is 31.1 Å². The highest BCUT2D eigenvalue weighted by Gasteiger charge is 2.16. The molecule has 2 aromatic rings. The molecule has 0 aliphatic rings. The minimum absolute atomic E-state index is 0.512. The number of rotatable bonds is 2. The van der Waals surface area contributed by atoms with Gasteiger partial charge in [0.15, 0.2) is 0 Å². The first-order valence-electron chi connectivity index (χ1n) is 6.95. The number of hydrogen-bond donors (Lipinski definition) is 2. The van der Waals surface area contributed by atoms with Gasteiger partial charge in [-0.1, -0.05) is 62.0 Å². The van der Waals surface area contributed by atoms with E-state index in [0.29, 0.717) is 5.46 Å². The van der Waals surface area contributed by atoms with Crippen molar-refractivity contribution in [3.8, 4) is 22.6 Å². The van der Waals surface area contributed by atoms with Gasteiger partial charge >= 0.3 is 7.12 Å². The maximum absolute atomic E-state index is 9.43. The van der Waals surface area contributed by atoms with Crippen molar-refractivity contribution in [3.63, 3.8) is 0 Å². The van der Waals surface area contributed by atoms with E-state index >= 15 is 0 Å². The van der Waals surface area contributed by atoms with Gasteiger partial charge in [-0.3, -0.25) is 0 Å². The van der Waals surface area contributed by atoms with Gasteiger partial charge < -0.3 is 10.0 Å². The van der Waals surface area contributed by atoms with Crippen molar-refractivity contribution in [3.05, 3.63) is 54.1 Å². The summed E-state index contributed by atoms with van der Waals surface area (Å²) in [5.74, 6) is 3.21. The molecule has 0 unspecified atom stereocenters. The lowest BCUT2D eigenvalue weighted by Crippen LogP contribution is -2.31. The van der Waals surface area contributed by atoms with Crippen molar-refractivity contribution in [1.82, 2.24) is 0 Å². The molecular weight excluding hydrogens is 275 g/mol. The molecule has 2 N–H and O–H groups in total. The maximum atomic E-state index is 9.43. The maximum Gasteiger partial charge on any atom is 0.489 e. The smallest absolute Gasteiger partial charge is 0.423 e. The van der Waals surface area contributed by atoms with Crippen molar-refractivity contribution in [1.29, 1.82) is 0 Å². The Kier molecular flexibility index (Phi) is 4.69. The summed E-state index contributed by atoms with van der Waals surface area (Å²) in [5.41, 5.74) is 6.62. The zero-order valence-corrected chi connectivity index (χ0v) is 13.6. The van der Waals surface area contributed by atoms with E-state index < -0.39 is 15.2 Å². The van der Waals surface area contributed by atoms with Gasteiger partial charge in [-0.2, -0.15) is 0 Å². The summed E-state index contributed by atoms with van der Waals surface area (Å²) >= 11 is 0. The summed E-state index contributed by atoms with van der Waals surface area (Å²) in [4.78, 5) is 0. The van der Waals surface area contributed by atoms with E-state index in [1.54, 1.807) is 12.1 Å². The van der Waals surface area contributed by atoms with Crippen LogP contribution in [0.1, 0.15) is 5.56 Å². The Hall–Kier alpha value is -1.80. The first kappa shape index (κ1) is 15.6. The van der Waals surface area contributed by atoms with E-state index in [1.807, 2.05) is 36.4 Å². The fourth-order valence-corrected chi connectivity index (χ4v) is 2.50. The summed E-state index contributed by atoms with van der Waals surface area (Å²) in [7, 11) is -2.83. The second-order valence-corrected chi connectivity index (χ2v) is 10.8. The Morgan fingerprint density at radius 2 is 1.52 bits per heavy atom. The third kappa shape index (κ3) is 4.33. The zero-order valence-electron chi connectivity index (χ0n) is 12.6. The molecule has 0 fully saturated rings. The molecule has 0 heterocycles. The van der Waals surface area contributed by atoms with Crippen molar-refractivity contribution >= 4 is 20.7 Å². The third-order valence-corrected chi connectivity index (χ3v) is 3.89. The highest BCUT2D eigenvalue weighted by Crippen LogP contribution is 2.18. The van der Waals surface area contributed by atoms with E-state index in [1.165, 1.54) is 0 Å². The van der Waals surface area contributed by atoms with E-state index in [9.17, 15) is 10.0 Å². The van der Waals surface area contributed by atoms with E-state index in [-0.39, 0.29) is 0 Å². The lowest BCUT2D eigenvalue weighted by Gasteiger charge is -2.09. The summed E-state index contributed by atoms with van der Waals surface area (Å²) in [6, 6.07) is 15.2. The molecule has 21 heavy (non-hydrogen) atoms. The summed E-state index contributed by atoms with van der Waals surface area (Å²) in [5, 5.41) is 18.9. The van der Waals surface area contributed by atoms with Gasteiger partial charge in [0.1, 0.15) is 8.07 Å². The van der Waals surface area contributed by atoms with E-state index in [0.717, 1.165) is 16.7 Å². The molecule has 2 rings (SSSR count). The third-order valence-electron chi connectivity index (χ3n) is 3.02. The first-order chi connectivity index (χ1) is 9.87. The lowest BCUT2D eigenvalue weighted by molar-refractivity contribution is 0.426. The molecule has 2 nitrogen and oxygen atoms in total. The summed E-state index contributed by atoms with van der Waals surface area (Å²) in [6.45, 7) is 6.65. The number of hydrogen-bond acceptors (Lipinski definition) is 2. The largest absolute Gasteiger partial charge is 0.489 e. The van der Waals surface area contributed by atoms with Crippen molar-refractivity contribution < 1.29 is 10.0 Å². The van der Waals surface area contributed by atoms with Crippen LogP contribution in [-0.4, -0.2) is 25.2 Å². The van der Waals surface area contributed by atoms with Crippen LogP contribution in [0.3, 0.4) is 0 Å². The van der Waals surface area contributed by atoms with Crippen LogP contribution >= 0.6 is 0 Å². The minimum Gasteiger partial charge on any atom is -0.423 e. The molecule has 0 aromatic heterocycles. The van der Waals surface area contributed by atoms with Gasteiger partial charge in [-0.05, 0) is 28.7 Å². The predicted octanol–water partition coefficient (Wildman–Crippen LogP) is 2.26. The standard InChI is InChI=1S/C17H19BO2Si/c1-21(2,3)13-12-14-8-10-15(11-9-14)16-6-4-5-7-17(16)18(19)20/h4-11,19-20H,1-3H3. The molecule has 0 radical (unpaired) electrons. The van der Waals surface area contributed by atoms with Gasteiger partial charge in [0, 0.05) is 5.56 Å². The second kappa shape index (κ2) is 6.32. The van der Waals surface area contributed by atoms with Crippen LogP contribution < -0.4 is 5.46 Å². The molecule has 2 aromatic carbocycles. The average molecular weight is 294 g/mol. The Morgan fingerprint density at radius 1 is 0.905 bits per heavy atom. The van der Waals surface area contributed by atoms with Crippen molar-refractivity contribution in [2.24, 2.45) is 0 Å². The monoisotopic (exact) mass is 294 g/mol. The van der Waals surface area contributed by atoms with Crippen LogP contribution in [0.4, 0.5) is 0 Å². The van der Waals surface area contributed by atoms with Crippen LogP contribution in [-0.2, 0) is 0 Å². The van der Waals surface area contributed by atoms with Crippen LogP contribution in [0.15, 0.2) is 48.5 Å². The van der Waals surface area contributed by atoms with Crippen molar-refractivity contribution in [2.75, 3.05) is 0 Å². The minimum atomic E-state index is -1.47. The quantitative estimate of drug-likeness (QED) is 0.659. The Balaban J connectivity index is 2.33. The normalized spacial score (nSPS) is 10.7. The fraction of sp³-hybridized carbons (Fsp3) is 0.176. The SMILES string of the molecule is C[Si](C)(C)C#Cc1ccc(-c2ccccc2B(O)O)cc1. The molecule has 0 amide bonds. The molecule has 106 valence electrons. The molecule has 0 saturated heterocycles.